The Morgan fingerprint density at radius 1 is 1.43 bits per heavy atom. The molecule has 0 aliphatic rings. The molecule has 0 N–H and O–H groups in total. The summed E-state index contributed by atoms with van der Waals surface area (Å²) in [4.78, 5) is 4.01. The molecule has 0 bridgehead atoms. The van der Waals surface area contributed by atoms with Crippen molar-refractivity contribution >= 4 is 20.9 Å². The molecule has 5 nitrogen and oxygen atoms in total. The van der Waals surface area contributed by atoms with Crippen LogP contribution in [0.25, 0.3) is 11.0 Å². The van der Waals surface area contributed by atoms with Gasteiger partial charge in [0, 0.05) is 19.5 Å². The SMILES string of the molecule is Cn1nc(S(C)(=O)=O)c2ncccc21. The summed E-state index contributed by atoms with van der Waals surface area (Å²) in [7, 11) is -1.61. The number of hydrogen-bond donors (Lipinski definition) is 0. The second kappa shape index (κ2) is 2.78. The van der Waals surface area contributed by atoms with Crippen molar-refractivity contribution in [2.24, 2.45) is 7.05 Å². The van der Waals surface area contributed by atoms with Crippen molar-refractivity contribution in [3.8, 4) is 0 Å². The first kappa shape index (κ1) is 9.14. The molecular formula is C8H9N3O2S. The summed E-state index contributed by atoms with van der Waals surface area (Å²) < 4.78 is 24.2. The first-order valence-electron chi connectivity index (χ1n) is 3.98. The van der Waals surface area contributed by atoms with Crippen molar-refractivity contribution in [2.45, 2.75) is 5.03 Å². The predicted octanol–water partition coefficient (Wildman–Crippen LogP) is 0.372. The van der Waals surface area contributed by atoms with E-state index in [0.29, 0.717) is 11.0 Å². The highest BCUT2D eigenvalue weighted by molar-refractivity contribution is 7.90. The van der Waals surface area contributed by atoms with Gasteiger partial charge in [-0.2, -0.15) is 5.10 Å². The molecule has 0 radical (unpaired) electrons. The summed E-state index contributed by atoms with van der Waals surface area (Å²) in [6.45, 7) is 0. The minimum Gasteiger partial charge on any atom is -0.265 e. The third-order valence-electron chi connectivity index (χ3n) is 1.93. The molecule has 0 saturated carbocycles. The second-order valence-corrected chi connectivity index (χ2v) is 5.00. The second-order valence-electron chi connectivity index (χ2n) is 3.07. The summed E-state index contributed by atoms with van der Waals surface area (Å²) in [5.41, 5.74) is 1.14. The summed E-state index contributed by atoms with van der Waals surface area (Å²) in [5, 5.41) is 3.96. The summed E-state index contributed by atoms with van der Waals surface area (Å²) in [6, 6.07) is 3.53. The molecule has 0 unspecified atom stereocenters. The van der Waals surface area contributed by atoms with Gasteiger partial charge in [0.2, 0.25) is 5.03 Å². The smallest absolute Gasteiger partial charge is 0.203 e. The molecule has 6 heteroatoms. The molecule has 2 aromatic rings. The third-order valence-corrected chi connectivity index (χ3v) is 2.91. The highest BCUT2D eigenvalue weighted by Gasteiger charge is 2.18. The average Bonchev–Trinajstić information content (AvgIpc) is 2.44. The van der Waals surface area contributed by atoms with E-state index in [1.54, 1.807) is 25.4 Å². The van der Waals surface area contributed by atoms with Crippen LogP contribution >= 0.6 is 0 Å². The topological polar surface area (TPSA) is 64.8 Å². The normalized spacial score (nSPS) is 12.1. The van der Waals surface area contributed by atoms with Gasteiger partial charge in [-0.05, 0) is 12.1 Å². The highest BCUT2D eigenvalue weighted by Crippen LogP contribution is 2.18. The van der Waals surface area contributed by atoms with E-state index >= 15 is 0 Å². The Morgan fingerprint density at radius 2 is 2.14 bits per heavy atom. The number of rotatable bonds is 1. The van der Waals surface area contributed by atoms with Crippen LogP contribution in [0.15, 0.2) is 23.4 Å². The molecule has 0 aromatic carbocycles. The number of aromatic nitrogens is 3. The summed E-state index contributed by atoms with van der Waals surface area (Å²) >= 11 is 0. The van der Waals surface area contributed by atoms with Crippen LogP contribution in [0.2, 0.25) is 0 Å². The third kappa shape index (κ3) is 1.27. The zero-order valence-corrected chi connectivity index (χ0v) is 8.61. The van der Waals surface area contributed by atoms with E-state index in [0.717, 1.165) is 6.26 Å². The van der Waals surface area contributed by atoms with E-state index in [2.05, 4.69) is 10.1 Å². The highest BCUT2D eigenvalue weighted by atomic mass is 32.2. The number of nitrogens with zero attached hydrogens (tertiary/aromatic N) is 3. The largest absolute Gasteiger partial charge is 0.265 e. The number of aryl methyl sites for hydroxylation is 1. The van der Waals surface area contributed by atoms with Crippen molar-refractivity contribution in [3.63, 3.8) is 0 Å². The summed E-state index contributed by atoms with van der Waals surface area (Å²) in [5.74, 6) is 0. The van der Waals surface area contributed by atoms with E-state index in [-0.39, 0.29) is 5.03 Å². The number of hydrogen-bond acceptors (Lipinski definition) is 4. The van der Waals surface area contributed by atoms with E-state index in [1.807, 2.05) is 0 Å². The number of sulfone groups is 1. The molecule has 0 amide bonds. The molecule has 2 heterocycles. The Morgan fingerprint density at radius 3 is 2.79 bits per heavy atom. The molecule has 2 aromatic heterocycles. The molecule has 14 heavy (non-hydrogen) atoms. The lowest BCUT2D eigenvalue weighted by Gasteiger charge is -1.90. The van der Waals surface area contributed by atoms with Gasteiger partial charge in [-0.25, -0.2) is 8.42 Å². The van der Waals surface area contributed by atoms with Crippen LogP contribution in [-0.2, 0) is 16.9 Å². The zero-order valence-electron chi connectivity index (χ0n) is 7.80. The molecular weight excluding hydrogens is 202 g/mol. The fourth-order valence-corrected chi connectivity index (χ4v) is 2.09. The Balaban J connectivity index is 2.93. The predicted molar refractivity (Wildman–Crippen MR) is 51.6 cm³/mol. The minimum absolute atomic E-state index is 0.0376. The van der Waals surface area contributed by atoms with Gasteiger partial charge in [-0.15, -0.1) is 0 Å². The average molecular weight is 211 g/mol. The minimum atomic E-state index is -3.30. The van der Waals surface area contributed by atoms with E-state index in [1.165, 1.54) is 4.68 Å². The molecule has 2 rings (SSSR count). The van der Waals surface area contributed by atoms with Gasteiger partial charge in [0.15, 0.2) is 9.84 Å². The van der Waals surface area contributed by atoms with Gasteiger partial charge >= 0.3 is 0 Å². The van der Waals surface area contributed by atoms with Gasteiger partial charge in [0.05, 0.1) is 5.52 Å². The van der Waals surface area contributed by atoms with Crippen LogP contribution < -0.4 is 0 Å². The van der Waals surface area contributed by atoms with Crippen LogP contribution in [0.4, 0.5) is 0 Å². The quantitative estimate of drug-likeness (QED) is 0.683. The molecule has 0 spiro atoms. The molecule has 0 aliphatic heterocycles. The molecule has 74 valence electrons. The lowest BCUT2D eigenvalue weighted by Crippen LogP contribution is -2.00. The van der Waals surface area contributed by atoms with Crippen LogP contribution in [0.3, 0.4) is 0 Å². The van der Waals surface area contributed by atoms with Gasteiger partial charge in [-0.3, -0.25) is 9.67 Å². The first-order chi connectivity index (χ1) is 6.50. The number of pyridine rings is 1. The maximum absolute atomic E-state index is 11.3. The van der Waals surface area contributed by atoms with Crippen molar-refractivity contribution < 1.29 is 8.42 Å². The van der Waals surface area contributed by atoms with Crippen molar-refractivity contribution in [1.29, 1.82) is 0 Å². The fraction of sp³-hybridized carbons (Fsp3) is 0.250. The fourth-order valence-electron chi connectivity index (χ4n) is 1.31. The standard InChI is InChI=1S/C8H9N3O2S/c1-11-6-4-3-5-9-7(6)8(10-11)14(2,12)13/h3-5H,1-2H3. The Kier molecular flexibility index (Phi) is 1.81. The molecule has 0 saturated heterocycles. The van der Waals surface area contributed by atoms with Crippen LogP contribution in [0.5, 0.6) is 0 Å². The van der Waals surface area contributed by atoms with Gasteiger partial charge in [0.25, 0.3) is 0 Å². The molecule has 0 aliphatic carbocycles. The van der Waals surface area contributed by atoms with Gasteiger partial charge in [-0.1, -0.05) is 0 Å². The summed E-state index contributed by atoms with van der Waals surface area (Å²) in [6.07, 6.45) is 2.68. The van der Waals surface area contributed by atoms with Crippen LogP contribution in [-0.4, -0.2) is 29.4 Å². The monoisotopic (exact) mass is 211 g/mol. The van der Waals surface area contributed by atoms with E-state index in [4.69, 9.17) is 0 Å². The van der Waals surface area contributed by atoms with Crippen molar-refractivity contribution in [2.75, 3.05) is 6.26 Å². The van der Waals surface area contributed by atoms with Crippen LogP contribution in [0.1, 0.15) is 0 Å². The van der Waals surface area contributed by atoms with Crippen molar-refractivity contribution in [1.82, 2.24) is 14.8 Å². The lowest BCUT2D eigenvalue weighted by molar-refractivity contribution is 0.595. The maximum Gasteiger partial charge on any atom is 0.203 e. The van der Waals surface area contributed by atoms with E-state index < -0.39 is 9.84 Å². The lowest BCUT2D eigenvalue weighted by atomic mass is 10.4. The van der Waals surface area contributed by atoms with Gasteiger partial charge < -0.3 is 0 Å². The van der Waals surface area contributed by atoms with Gasteiger partial charge in [0.1, 0.15) is 5.52 Å². The van der Waals surface area contributed by atoms with E-state index in [9.17, 15) is 8.42 Å². The number of fused-ring (bicyclic) bond motifs is 1. The molecule has 0 fully saturated rings. The first-order valence-corrected chi connectivity index (χ1v) is 5.87. The Hall–Kier alpha value is -1.43. The van der Waals surface area contributed by atoms with Crippen LogP contribution in [0, 0.1) is 0 Å². The Labute approximate surface area is 81.3 Å². The maximum atomic E-state index is 11.3. The van der Waals surface area contributed by atoms with Crippen molar-refractivity contribution in [3.05, 3.63) is 18.3 Å². The Bertz CT molecular complexity index is 586. The molecule has 0 atom stereocenters. The zero-order chi connectivity index (χ0) is 10.3.